The molecule has 0 aromatic heterocycles. The predicted molar refractivity (Wildman–Crippen MR) is 152 cm³/mol. The maximum absolute atomic E-state index is 12.2. The molecule has 212 valence electrons. The van der Waals surface area contributed by atoms with Gasteiger partial charge in [0.25, 0.3) is 0 Å². The fraction of sp³-hybridized carbons (Fsp3) is 0.909. The van der Waals surface area contributed by atoms with Crippen LogP contribution in [0.5, 0.6) is 0 Å². The van der Waals surface area contributed by atoms with E-state index in [1.165, 1.54) is 51.4 Å². The Morgan fingerprint density at radius 1 is 1.08 bits per heavy atom. The Morgan fingerprint density at radius 2 is 1.84 bits per heavy atom. The number of aliphatic hydroxyl groups is 1. The summed E-state index contributed by atoms with van der Waals surface area (Å²) in [5.41, 5.74) is 2.35. The van der Waals surface area contributed by atoms with E-state index in [-0.39, 0.29) is 24.2 Å². The van der Waals surface area contributed by atoms with E-state index in [2.05, 4.69) is 52.9 Å². The number of aliphatic hydroxyl groups excluding tert-OH is 1. The molecule has 0 heterocycles. The molecule has 0 aliphatic heterocycles. The molecular weight excluding hydrogens is 458 g/mol. The topological polar surface area (TPSA) is 58.6 Å². The third kappa shape index (κ3) is 5.80. The van der Waals surface area contributed by atoms with Crippen molar-refractivity contribution in [3.05, 3.63) is 11.6 Å². The molecule has 0 bridgehead atoms. The molecule has 1 unspecified atom stereocenters. The Hall–Kier alpha value is -1.03. The van der Waals surface area contributed by atoms with Crippen LogP contribution >= 0.6 is 0 Å². The lowest BCUT2D eigenvalue weighted by Crippen LogP contribution is -2.51. The molecule has 3 fully saturated rings. The SMILES string of the molecule is CC[C@H](CC[C@@H](C)[C@H]1CC[C@H]2[C@@H]3CC=C4C[C@@H](OC(=O)NCC(C)O)CC[C@]4(C)[C@H]3CC[C@]12C)C(C)C. The fourth-order valence-electron chi connectivity index (χ4n) is 9.81. The van der Waals surface area contributed by atoms with Crippen LogP contribution in [0.4, 0.5) is 4.79 Å². The standard InChI is InChI=1S/C33H57NO3/c1-8-24(21(2)3)10-9-22(4)28-13-14-29-27-12-11-25-19-26(37-31(36)34-20-23(5)35)15-17-32(25,6)30(27)16-18-33(28,29)7/h11,21-24,26-30,35H,8-10,12-20H2,1-7H3,(H,34,36)/t22-,23?,24-,26+,27+,28-,29+,30+,32+,33-/m1/s1. The lowest BCUT2D eigenvalue weighted by molar-refractivity contribution is -0.0584. The second-order valence-electron chi connectivity index (χ2n) is 14.5. The monoisotopic (exact) mass is 515 g/mol. The zero-order valence-electron chi connectivity index (χ0n) is 25.0. The van der Waals surface area contributed by atoms with Crippen LogP contribution in [-0.2, 0) is 4.74 Å². The Labute approximate surface area is 227 Å². The smallest absolute Gasteiger partial charge is 0.407 e. The molecule has 0 radical (unpaired) electrons. The van der Waals surface area contributed by atoms with Gasteiger partial charge in [0.15, 0.2) is 0 Å². The van der Waals surface area contributed by atoms with E-state index in [9.17, 15) is 9.90 Å². The molecule has 0 aromatic rings. The van der Waals surface area contributed by atoms with Crippen molar-refractivity contribution < 1.29 is 14.6 Å². The number of amides is 1. The molecule has 0 aromatic carbocycles. The summed E-state index contributed by atoms with van der Waals surface area (Å²) in [6, 6.07) is 0. The first-order chi connectivity index (χ1) is 17.5. The minimum atomic E-state index is -0.552. The Balaban J connectivity index is 1.40. The summed E-state index contributed by atoms with van der Waals surface area (Å²) in [5.74, 6) is 5.92. The Morgan fingerprint density at radius 3 is 2.51 bits per heavy atom. The number of hydrogen-bond donors (Lipinski definition) is 2. The van der Waals surface area contributed by atoms with Crippen molar-refractivity contribution >= 4 is 6.09 Å². The average Bonchev–Trinajstić information content (AvgIpc) is 3.20. The Bertz CT molecular complexity index is 820. The minimum absolute atomic E-state index is 0.0340. The van der Waals surface area contributed by atoms with Gasteiger partial charge in [-0.25, -0.2) is 4.79 Å². The molecule has 4 aliphatic rings. The normalized spacial score (nSPS) is 39.6. The number of allylic oxidation sites excluding steroid dienone is 1. The number of ether oxygens (including phenoxy) is 1. The lowest BCUT2D eigenvalue weighted by Gasteiger charge is -2.58. The van der Waals surface area contributed by atoms with E-state index in [0.717, 1.165) is 60.7 Å². The summed E-state index contributed by atoms with van der Waals surface area (Å²) in [5, 5.41) is 12.1. The number of rotatable bonds is 9. The van der Waals surface area contributed by atoms with Crippen molar-refractivity contribution in [3.8, 4) is 0 Å². The maximum Gasteiger partial charge on any atom is 0.407 e. The number of fused-ring (bicyclic) bond motifs is 5. The highest BCUT2D eigenvalue weighted by Crippen LogP contribution is 2.67. The molecule has 4 aliphatic carbocycles. The first kappa shape index (κ1) is 29.0. The van der Waals surface area contributed by atoms with E-state index in [0.29, 0.717) is 5.41 Å². The van der Waals surface area contributed by atoms with Gasteiger partial charge in [0.05, 0.1) is 6.10 Å². The van der Waals surface area contributed by atoms with Crippen LogP contribution in [0.2, 0.25) is 0 Å². The van der Waals surface area contributed by atoms with Gasteiger partial charge < -0.3 is 15.2 Å². The van der Waals surface area contributed by atoms with E-state index in [4.69, 9.17) is 4.74 Å². The molecule has 10 atom stereocenters. The highest BCUT2D eigenvalue weighted by atomic mass is 16.6. The summed E-state index contributed by atoms with van der Waals surface area (Å²) >= 11 is 0. The van der Waals surface area contributed by atoms with Gasteiger partial charge in [-0.1, -0.05) is 66.0 Å². The van der Waals surface area contributed by atoms with Crippen LogP contribution in [0.3, 0.4) is 0 Å². The molecule has 2 N–H and O–H groups in total. The summed E-state index contributed by atoms with van der Waals surface area (Å²) in [4.78, 5) is 12.2. The van der Waals surface area contributed by atoms with Crippen LogP contribution in [0, 0.1) is 52.3 Å². The van der Waals surface area contributed by atoms with Gasteiger partial charge in [-0.05, 0) is 111 Å². The van der Waals surface area contributed by atoms with Crippen molar-refractivity contribution in [2.45, 2.75) is 131 Å². The predicted octanol–water partition coefficient (Wildman–Crippen LogP) is 8.14. The molecule has 4 nitrogen and oxygen atoms in total. The molecule has 4 rings (SSSR count). The van der Waals surface area contributed by atoms with Gasteiger partial charge in [0.2, 0.25) is 0 Å². The Kier molecular flexibility index (Phi) is 9.08. The number of carbonyl (C=O) groups is 1. The molecular formula is C33H57NO3. The van der Waals surface area contributed by atoms with Gasteiger partial charge in [0.1, 0.15) is 6.10 Å². The highest BCUT2D eigenvalue weighted by molar-refractivity contribution is 5.67. The molecule has 0 spiro atoms. The second-order valence-corrected chi connectivity index (χ2v) is 14.5. The number of alkyl carbamates (subject to hydrolysis) is 1. The first-order valence-electron chi connectivity index (χ1n) is 15.8. The van der Waals surface area contributed by atoms with Gasteiger partial charge >= 0.3 is 6.09 Å². The minimum Gasteiger partial charge on any atom is -0.446 e. The molecule has 3 saturated carbocycles. The zero-order valence-corrected chi connectivity index (χ0v) is 25.0. The van der Waals surface area contributed by atoms with Gasteiger partial charge in [-0.15, -0.1) is 0 Å². The van der Waals surface area contributed by atoms with Crippen LogP contribution in [0.1, 0.15) is 119 Å². The molecule has 4 heteroatoms. The van der Waals surface area contributed by atoms with E-state index >= 15 is 0 Å². The summed E-state index contributed by atoms with van der Waals surface area (Å²) in [7, 11) is 0. The first-order valence-corrected chi connectivity index (χ1v) is 15.8. The van der Waals surface area contributed by atoms with Crippen LogP contribution in [0.25, 0.3) is 0 Å². The summed E-state index contributed by atoms with van der Waals surface area (Å²) < 4.78 is 5.76. The lowest BCUT2D eigenvalue weighted by atomic mass is 9.47. The molecule has 0 saturated heterocycles. The third-order valence-electron chi connectivity index (χ3n) is 12.1. The van der Waals surface area contributed by atoms with Crippen LogP contribution < -0.4 is 5.32 Å². The third-order valence-corrected chi connectivity index (χ3v) is 12.1. The zero-order chi connectivity index (χ0) is 27.0. The van der Waals surface area contributed by atoms with Crippen LogP contribution in [0.15, 0.2) is 11.6 Å². The summed E-state index contributed by atoms with van der Waals surface area (Å²) in [6.07, 6.45) is 15.6. The van der Waals surface area contributed by atoms with Crippen LogP contribution in [-0.4, -0.2) is 30.0 Å². The molecule has 1 amide bonds. The van der Waals surface area contributed by atoms with Crippen molar-refractivity contribution in [1.82, 2.24) is 5.32 Å². The molecule has 37 heavy (non-hydrogen) atoms. The highest BCUT2D eigenvalue weighted by Gasteiger charge is 2.59. The number of hydrogen-bond acceptors (Lipinski definition) is 3. The second kappa shape index (κ2) is 11.6. The average molecular weight is 516 g/mol. The fourth-order valence-corrected chi connectivity index (χ4v) is 9.81. The summed E-state index contributed by atoms with van der Waals surface area (Å²) in [6.45, 7) is 16.9. The van der Waals surface area contributed by atoms with E-state index in [1.807, 2.05) is 0 Å². The quantitative estimate of drug-likeness (QED) is 0.305. The number of carbonyl (C=O) groups excluding carboxylic acids is 1. The van der Waals surface area contributed by atoms with Gasteiger partial charge in [-0.2, -0.15) is 0 Å². The largest absolute Gasteiger partial charge is 0.446 e. The van der Waals surface area contributed by atoms with Gasteiger partial charge in [0, 0.05) is 13.0 Å². The van der Waals surface area contributed by atoms with Crippen molar-refractivity contribution in [2.75, 3.05) is 6.54 Å². The van der Waals surface area contributed by atoms with Crippen molar-refractivity contribution in [2.24, 2.45) is 52.3 Å². The van der Waals surface area contributed by atoms with Crippen molar-refractivity contribution in [3.63, 3.8) is 0 Å². The number of nitrogens with one attached hydrogen (secondary N) is 1. The van der Waals surface area contributed by atoms with Gasteiger partial charge in [-0.3, -0.25) is 0 Å². The maximum atomic E-state index is 12.2. The van der Waals surface area contributed by atoms with E-state index < -0.39 is 6.10 Å². The van der Waals surface area contributed by atoms with E-state index in [1.54, 1.807) is 12.5 Å². The van der Waals surface area contributed by atoms with Crippen molar-refractivity contribution in [1.29, 1.82) is 0 Å².